The lowest BCUT2D eigenvalue weighted by Gasteiger charge is -2.23. The molecule has 9 heteroatoms. The number of halogens is 6. The number of hydrogen-bond donors (Lipinski definition) is 0. The van der Waals surface area contributed by atoms with Crippen molar-refractivity contribution in [3.63, 3.8) is 0 Å². The summed E-state index contributed by atoms with van der Waals surface area (Å²) in [5, 5.41) is 2.94. The zero-order valence-electron chi connectivity index (χ0n) is 28.4. The Morgan fingerprint density at radius 3 is 1.15 bits per heavy atom. The number of rotatable bonds is 3. The van der Waals surface area contributed by atoms with Gasteiger partial charge in [0.1, 0.15) is 5.56 Å². The zero-order valence-corrected chi connectivity index (χ0v) is 28.4. The number of alkyl halides is 6. The molecular formula is C43H29F6N3. The van der Waals surface area contributed by atoms with Gasteiger partial charge in [0.15, 0.2) is 5.69 Å². The second-order valence-electron chi connectivity index (χ2n) is 13.5. The molecule has 0 bridgehead atoms. The molecule has 258 valence electrons. The lowest BCUT2D eigenvalue weighted by molar-refractivity contribution is -0.138. The van der Waals surface area contributed by atoms with Crippen molar-refractivity contribution in [3.05, 3.63) is 148 Å². The summed E-state index contributed by atoms with van der Waals surface area (Å²) in [6, 6.07) is 28.0. The summed E-state index contributed by atoms with van der Waals surface area (Å²) in [5.41, 5.74) is 2.68. The highest BCUT2D eigenvalue weighted by molar-refractivity contribution is 6.11. The third-order valence-electron chi connectivity index (χ3n) is 9.73. The maximum atomic E-state index is 16.1. The van der Waals surface area contributed by atoms with Gasteiger partial charge in [-0.1, -0.05) is 48.5 Å². The third kappa shape index (κ3) is 5.29. The maximum absolute atomic E-state index is 16.1. The first-order valence-electron chi connectivity index (χ1n) is 16.5. The predicted molar refractivity (Wildman–Crippen MR) is 196 cm³/mol. The minimum atomic E-state index is -4.92. The average Bonchev–Trinajstić information content (AvgIpc) is 3.56. The largest absolute Gasteiger partial charge is 0.420 e. The molecule has 8 aromatic rings. The van der Waals surface area contributed by atoms with Crippen LogP contribution in [0.25, 0.3) is 71.0 Å². The molecule has 0 spiro atoms. The Morgan fingerprint density at radius 1 is 0.462 bits per heavy atom. The Kier molecular flexibility index (Phi) is 7.33. The van der Waals surface area contributed by atoms with Gasteiger partial charge >= 0.3 is 12.4 Å². The second kappa shape index (κ2) is 11.5. The number of nitrogens with zero attached hydrogens (tertiary/aromatic N) is 3. The first kappa shape index (κ1) is 33.2. The fourth-order valence-corrected chi connectivity index (χ4v) is 7.42. The molecule has 0 amide bonds. The quantitative estimate of drug-likeness (QED) is 0.129. The highest BCUT2D eigenvalue weighted by atomic mass is 19.4. The van der Waals surface area contributed by atoms with E-state index in [2.05, 4.69) is 4.85 Å². The van der Waals surface area contributed by atoms with Crippen molar-refractivity contribution in [2.24, 2.45) is 0 Å². The Morgan fingerprint density at radius 2 is 0.827 bits per heavy atom. The molecule has 0 fully saturated rings. The molecule has 3 nitrogen and oxygen atoms in total. The van der Waals surface area contributed by atoms with E-state index in [0.717, 1.165) is 55.9 Å². The molecule has 0 saturated carbocycles. The minimum absolute atomic E-state index is 0.0293. The van der Waals surface area contributed by atoms with Crippen molar-refractivity contribution in [2.75, 3.05) is 0 Å². The molecule has 2 heterocycles. The highest BCUT2D eigenvalue weighted by Gasteiger charge is 2.40. The van der Waals surface area contributed by atoms with Crippen molar-refractivity contribution < 1.29 is 26.3 Å². The van der Waals surface area contributed by atoms with Gasteiger partial charge in [0, 0.05) is 27.1 Å². The van der Waals surface area contributed by atoms with Gasteiger partial charge < -0.3 is 9.13 Å². The molecule has 0 aliphatic carbocycles. The summed E-state index contributed by atoms with van der Waals surface area (Å²) in [7, 11) is 0. The summed E-state index contributed by atoms with van der Waals surface area (Å²) in [4.78, 5) is 3.29. The monoisotopic (exact) mass is 701 g/mol. The minimum Gasteiger partial charge on any atom is -0.309 e. The topological polar surface area (TPSA) is 14.2 Å². The first-order valence-corrected chi connectivity index (χ1v) is 16.5. The van der Waals surface area contributed by atoms with Crippen molar-refractivity contribution in [1.29, 1.82) is 0 Å². The van der Waals surface area contributed by atoms with Gasteiger partial charge in [-0.15, -0.1) is 0 Å². The average molecular weight is 702 g/mol. The van der Waals surface area contributed by atoms with Crippen LogP contribution in [0.3, 0.4) is 0 Å². The Balaban J connectivity index is 1.63. The van der Waals surface area contributed by atoms with E-state index in [-0.39, 0.29) is 28.2 Å². The van der Waals surface area contributed by atoms with Crippen LogP contribution in [0.15, 0.2) is 103 Å². The van der Waals surface area contributed by atoms with Gasteiger partial charge in [-0.05, 0) is 116 Å². The number of aromatic nitrogens is 2. The Hall–Kier alpha value is -6.01. The number of fused-ring (bicyclic) bond motifs is 6. The third-order valence-corrected chi connectivity index (χ3v) is 9.73. The SMILES string of the molecule is [C-]#[N+]c1cc(-c2cc(-n3c4cc(C)ccc4c4ccc(C)cc43)c(C(F)(F)F)c(-n3c4cc(C)ccc4c4ccc(C)cc43)c2)cc(C(F)(F)F)c1. The van der Waals surface area contributed by atoms with Crippen molar-refractivity contribution in [3.8, 4) is 22.5 Å². The number of hydrogen-bond acceptors (Lipinski definition) is 0. The molecule has 0 N–H and O–H groups in total. The van der Waals surface area contributed by atoms with E-state index in [1.807, 2.05) is 100 Å². The van der Waals surface area contributed by atoms with Gasteiger partial charge in [-0.2, -0.15) is 26.3 Å². The van der Waals surface area contributed by atoms with Crippen LogP contribution in [0.4, 0.5) is 32.0 Å². The summed E-state index contributed by atoms with van der Waals surface area (Å²) in [6.45, 7) is 15.0. The van der Waals surface area contributed by atoms with E-state index in [0.29, 0.717) is 22.1 Å². The van der Waals surface area contributed by atoms with Gasteiger partial charge in [0.2, 0.25) is 0 Å². The van der Waals surface area contributed by atoms with Crippen LogP contribution in [0, 0.1) is 34.3 Å². The predicted octanol–water partition coefficient (Wildman–Crippen LogP) is 13.4. The van der Waals surface area contributed by atoms with Crippen LogP contribution in [-0.4, -0.2) is 9.13 Å². The molecule has 52 heavy (non-hydrogen) atoms. The molecule has 0 aliphatic rings. The number of aryl methyl sites for hydroxylation is 4. The van der Waals surface area contributed by atoms with Crippen LogP contribution in [-0.2, 0) is 12.4 Å². The van der Waals surface area contributed by atoms with E-state index < -0.39 is 23.5 Å². The first-order chi connectivity index (χ1) is 24.6. The summed E-state index contributed by atoms with van der Waals surface area (Å²) >= 11 is 0. The maximum Gasteiger partial charge on any atom is 0.420 e. The molecule has 2 aromatic heterocycles. The summed E-state index contributed by atoms with van der Waals surface area (Å²) < 4.78 is 94.0. The van der Waals surface area contributed by atoms with Crippen LogP contribution in [0.2, 0.25) is 0 Å². The van der Waals surface area contributed by atoms with Gasteiger partial charge in [-0.25, -0.2) is 4.85 Å². The molecule has 0 radical (unpaired) electrons. The molecule has 0 atom stereocenters. The smallest absolute Gasteiger partial charge is 0.309 e. The van der Waals surface area contributed by atoms with Crippen LogP contribution < -0.4 is 0 Å². The van der Waals surface area contributed by atoms with Gasteiger partial charge in [0.25, 0.3) is 0 Å². The van der Waals surface area contributed by atoms with Crippen LogP contribution in [0.1, 0.15) is 33.4 Å². The molecule has 6 aromatic carbocycles. The normalized spacial score (nSPS) is 12.4. The Labute approximate surface area is 294 Å². The molecule has 0 aliphatic heterocycles. The lowest BCUT2D eigenvalue weighted by atomic mass is 9.97. The van der Waals surface area contributed by atoms with E-state index >= 15 is 13.2 Å². The Bertz CT molecular complexity index is 2560. The fraction of sp³-hybridized carbons (Fsp3) is 0.140. The van der Waals surface area contributed by atoms with E-state index in [1.165, 1.54) is 18.2 Å². The van der Waals surface area contributed by atoms with E-state index in [1.54, 1.807) is 9.13 Å². The summed E-state index contributed by atoms with van der Waals surface area (Å²) in [5.74, 6) is 0. The van der Waals surface area contributed by atoms with Gasteiger partial charge in [0.05, 0.1) is 40.0 Å². The second-order valence-corrected chi connectivity index (χ2v) is 13.5. The standard InChI is InChI=1S/C43H29F6N3/c1-23-6-10-31-32-11-7-24(2)15-36(32)51(35(31)14-23)39-20-28(27-18-29(42(44,45)46)22-30(19-27)50-5)21-40(41(39)43(47,48)49)52-37-16-25(3)8-12-33(37)34-13-9-26(4)17-38(34)52/h6-22H,1-4H3. The van der Waals surface area contributed by atoms with Crippen molar-refractivity contribution >= 4 is 49.3 Å². The van der Waals surface area contributed by atoms with Crippen molar-refractivity contribution in [1.82, 2.24) is 9.13 Å². The highest BCUT2D eigenvalue weighted by Crippen LogP contribution is 2.47. The lowest BCUT2D eigenvalue weighted by Crippen LogP contribution is -2.16. The van der Waals surface area contributed by atoms with Gasteiger partial charge in [-0.3, -0.25) is 0 Å². The molecule has 0 unspecified atom stereocenters. The number of benzene rings is 6. The van der Waals surface area contributed by atoms with Crippen molar-refractivity contribution in [2.45, 2.75) is 40.0 Å². The molecule has 0 saturated heterocycles. The van der Waals surface area contributed by atoms with Crippen LogP contribution in [0.5, 0.6) is 0 Å². The fourth-order valence-electron chi connectivity index (χ4n) is 7.42. The van der Waals surface area contributed by atoms with Crippen LogP contribution >= 0.6 is 0 Å². The summed E-state index contributed by atoms with van der Waals surface area (Å²) in [6.07, 6.45) is -9.72. The molecule has 8 rings (SSSR count). The molecular weight excluding hydrogens is 672 g/mol. The van der Waals surface area contributed by atoms with E-state index in [9.17, 15) is 13.2 Å². The van der Waals surface area contributed by atoms with E-state index in [4.69, 9.17) is 6.57 Å². The zero-order chi connectivity index (χ0) is 36.9.